The van der Waals surface area contributed by atoms with Gasteiger partial charge in [-0.2, -0.15) is 0 Å². The zero-order valence-corrected chi connectivity index (χ0v) is 10.1. The Morgan fingerprint density at radius 3 is 2.94 bits per heavy atom. The number of aromatic nitrogens is 3. The molecule has 0 bridgehead atoms. The maximum atomic E-state index is 11.2. The Hall–Kier alpha value is -2.36. The molecule has 0 aliphatic rings. The minimum atomic E-state index is -0.0241. The van der Waals surface area contributed by atoms with Crippen LogP contribution in [0.2, 0.25) is 0 Å². The fraction of sp³-hybridized carbons (Fsp3) is 0.143. The molecule has 0 spiro atoms. The van der Waals surface area contributed by atoms with E-state index >= 15 is 0 Å². The highest BCUT2D eigenvalue weighted by Gasteiger charge is 2.04. The van der Waals surface area contributed by atoms with E-state index in [1.165, 1.54) is 23.3 Å². The fourth-order valence-electron chi connectivity index (χ4n) is 2.02. The molecular formula is C14H13N3O. The topological polar surface area (TPSA) is 50.2 Å². The van der Waals surface area contributed by atoms with Gasteiger partial charge in [0.1, 0.15) is 5.82 Å². The quantitative estimate of drug-likeness (QED) is 0.742. The Morgan fingerprint density at radius 1 is 1.28 bits per heavy atom. The van der Waals surface area contributed by atoms with Gasteiger partial charge in [0.05, 0.1) is 0 Å². The summed E-state index contributed by atoms with van der Waals surface area (Å²) in [6.45, 7) is 2.08. The molecule has 0 unspecified atom stereocenters. The minimum absolute atomic E-state index is 0.0241. The predicted molar refractivity (Wildman–Crippen MR) is 69.8 cm³/mol. The molecule has 2 heterocycles. The van der Waals surface area contributed by atoms with Crippen molar-refractivity contribution in [3.63, 3.8) is 0 Å². The molecule has 90 valence electrons. The van der Waals surface area contributed by atoms with Gasteiger partial charge in [-0.15, -0.1) is 0 Å². The highest BCUT2D eigenvalue weighted by molar-refractivity contribution is 5.37. The van der Waals surface area contributed by atoms with E-state index in [0.29, 0.717) is 5.65 Å². The number of benzene rings is 1. The molecule has 0 atom stereocenters. The molecule has 0 amide bonds. The smallest absolute Gasteiger partial charge is 0.183 e. The summed E-state index contributed by atoms with van der Waals surface area (Å²) >= 11 is 0. The van der Waals surface area contributed by atoms with Gasteiger partial charge in [-0.05, 0) is 18.1 Å². The molecule has 1 N–H and O–H groups in total. The lowest BCUT2D eigenvalue weighted by Crippen LogP contribution is -1.98. The van der Waals surface area contributed by atoms with Crippen molar-refractivity contribution in [3.05, 3.63) is 69.8 Å². The van der Waals surface area contributed by atoms with Gasteiger partial charge >= 0.3 is 0 Å². The third-order valence-corrected chi connectivity index (χ3v) is 3.02. The monoisotopic (exact) mass is 239 g/mol. The van der Waals surface area contributed by atoms with Crippen LogP contribution >= 0.6 is 0 Å². The summed E-state index contributed by atoms with van der Waals surface area (Å²) in [5.74, 6) is 0.856. The van der Waals surface area contributed by atoms with Gasteiger partial charge in [-0.1, -0.05) is 24.3 Å². The predicted octanol–water partition coefficient (Wildman–Crippen LogP) is 1.92. The van der Waals surface area contributed by atoms with Crippen LogP contribution in [0.5, 0.6) is 0 Å². The van der Waals surface area contributed by atoms with Crippen LogP contribution in [-0.4, -0.2) is 14.6 Å². The number of nitrogens with zero attached hydrogens (tertiary/aromatic N) is 2. The number of aromatic amines is 1. The van der Waals surface area contributed by atoms with E-state index in [1.54, 1.807) is 10.7 Å². The van der Waals surface area contributed by atoms with E-state index in [0.717, 1.165) is 12.2 Å². The summed E-state index contributed by atoms with van der Waals surface area (Å²) in [4.78, 5) is 15.7. The van der Waals surface area contributed by atoms with Gasteiger partial charge in [0.25, 0.3) is 0 Å². The SMILES string of the molecule is Cc1ccccc1Cc1nc2cc(=O)ccn2[nH]1. The number of pyridine rings is 1. The highest BCUT2D eigenvalue weighted by Crippen LogP contribution is 2.11. The molecule has 4 heteroatoms. The van der Waals surface area contributed by atoms with Gasteiger partial charge in [0, 0.05) is 24.8 Å². The third kappa shape index (κ3) is 1.93. The van der Waals surface area contributed by atoms with Crippen molar-refractivity contribution in [2.45, 2.75) is 13.3 Å². The average molecular weight is 239 g/mol. The molecule has 1 aromatic carbocycles. The molecule has 0 saturated carbocycles. The van der Waals surface area contributed by atoms with Crippen molar-refractivity contribution in [2.75, 3.05) is 0 Å². The first-order valence-corrected chi connectivity index (χ1v) is 5.84. The lowest BCUT2D eigenvalue weighted by Gasteiger charge is -2.01. The maximum Gasteiger partial charge on any atom is 0.183 e. The van der Waals surface area contributed by atoms with Crippen LogP contribution in [0, 0.1) is 6.92 Å². The molecule has 18 heavy (non-hydrogen) atoms. The number of hydrogen-bond acceptors (Lipinski definition) is 2. The van der Waals surface area contributed by atoms with E-state index in [4.69, 9.17) is 0 Å². The normalized spacial score (nSPS) is 10.9. The zero-order chi connectivity index (χ0) is 12.5. The second kappa shape index (κ2) is 4.14. The fourth-order valence-corrected chi connectivity index (χ4v) is 2.02. The Kier molecular flexibility index (Phi) is 2.48. The van der Waals surface area contributed by atoms with Crippen molar-refractivity contribution in [1.82, 2.24) is 14.6 Å². The van der Waals surface area contributed by atoms with Crippen LogP contribution in [0.15, 0.2) is 47.4 Å². The molecule has 0 fully saturated rings. The Labute approximate surface area is 104 Å². The number of hydrogen-bond donors (Lipinski definition) is 1. The van der Waals surface area contributed by atoms with Crippen molar-refractivity contribution >= 4 is 5.65 Å². The maximum absolute atomic E-state index is 11.2. The summed E-state index contributed by atoms with van der Waals surface area (Å²) < 4.78 is 1.76. The second-order valence-corrected chi connectivity index (χ2v) is 4.36. The van der Waals surface area contributed by atoms with Crippen LogP contribution in [0.3, 0.4) is 0 Å². The first-order chi connectivity index (χ1) is 8.72. The number of fused-ring (bicyclic) bond motifs is 1. The first-order valence-electron chi connectivity index (χ1n) is 5.84. The van der Waals surface area contributed by atoms with Gasteiger partial charge < -0.3 is 0 Å². The van der Waals surface area contributed by atoms with Crippen LogP contribution in [0.25, 0.3) is 5.65 Å². The van der Waals surface area contributed by atoms with E-state index < -0.39 is 0 Å². The molecule has 3 rings (SSSR count). The van der Waals surface area contributed by atoms with Crippen molar-refractivity contribution < 1.29 is 0 Å². The number of aryl methyl sites for hydroxylation is 1. The average Bonchev–Trinajstić information content (AvgIpc) is 2.73. The number of H-pyrrole nitrogens is 1. The van der Waals surface area contributed by atoms with E-state index in [1.807, 2.05) is 12.1 Å². The van der Waals surface area contributed by atoms with Crippen molar-refractivity contribution in [2.24, 2.45) is 0 Å². The van der Waals surface area contributed by atoms with E-state index in [2.05, 4.69) is 29.1 Å². The lowest BCUT2D eigenvalue weighted by molar-refractivity contribution is 0.896. The van der Waals surface area contributed by atoms with Crippen LogP contribution in [0.4, 0.5) is 0 Å². The molecule has 3 aromatic rings. The molecule has 0 aliphatic heterocycles. The highest BCUT2D eigenvalue weighted by atomic mass is 16.1. The Balaban J connectivity index is 2.01. The zero-order valence-electron chi connectivity index (χ0n) is 10.1. The van der Waals surface area contributed by atoms with E-state index in [-0.39, 0.29) is 5.43 Å². The Bertz CT molecular complexity index is 755. The Morgan fingerprint density at radius 2 is 2.11 bits per heavy atom. The van der Waals surface area contributed by atoms with Crippen molar-refractivity contribution in [1.29, 1.82) is 0 Å². The molecule has 0 saturated heterocycles. The first kappa shape index (κ1) is 10.8. The summed E-state index contributed by atoms with van der Waals surface area (Å²) in [5.41, 5.74) is 3.11. The minimum Gasteiger partial charge on any atom is -0.290 e. The standard InChI is InChI=1S/C14H13N3O/c1-10-4-2-3-5-11(10)8-13-15-14-9-12(18)6-7-17(14)16-13/h2-7,9H,8H2,1H3,(H,15,16). The van der Waals surface area contributed by atoms with Crippen LogP contribution in [0.1, 0.15) is 17.0 Å². The van der Waals surface area contributed by atoms with Gasteiger partial charge in [0.2, 0.25) is 0 Å². The summed E-state index contributed by atoms with van der Waals surface area (Å²) in [7, 11) is 0. The number of nitrogens with one attached hydrogen (secondary N) is 1. The molecule has 0 radical (unpaired) electrons. The summed E-state index contributed by atoms with van der Waals surface area (Å²) in [6.07, 6.45) is 2.44. The number of rotatable bonds is 2. The van der Waals surface area contributed by atoms with E-state index in [9.17, 15) is 4.79 Å². The second-order valence-electron chi connectivity index (χ2n) is 4.36. The van der Waals surface area contributed by atoms with Gasteiger partial charge in [-0.3, -0.25) is 9.89 Å². The van der Waals surface area contributed by atoms with Gasteiger partial charge in [0.15, 0.2) is 11.1 Å². The largest absolute Gasteiger partial charge is 0.290 e. The third-order valence-electron chi connectivity index (χ3n) is 3.02. The van der Waals surface area contributed by atoms with Crippen molar-refractivity contribution in [3.8, 4) is 0 Å². The molecule has 0 aliphatic carbocycles. The van der Waals surface area contributed by atoms with Gasteiger partial charge in [-0.25, -0.2) is 9.50 Å². The molecular weight excluding hydrogens is 226 g/mol. The molecule has 4 nitrogen and oxygen atoms in total. The van der Waals surface area contributed by atoms with Crippen LogP contribution in [-0.2, 0) is 6.42 Å². The summed E-state index contributed by atoms with van der Waals surface area (Å²) in [5, 5.41) is 3.17. The van der Waals surface area contributed by atoms with Crippen LogP contribution < -0.4 is 5.43 Å². The summed E-state index contributed by atoms with van der Waals surface area (Å²) in [6, 6.07) is 11.3. The lowest BCUT2D eigenvalue weighted by atomic mass is 10.1. The molecule has 2 aromatic heterocycles.